The van der Waals surface area contributed by atoms with E-state index in [0.717, 1.165) is 25.0 Å². The van der Waals surface area contributed by atoms with E-state index in [-0.39, 0.29) is 6.04 Å². The van der Waals surface area contributed by atoms with E-state index in [9.17, 15) is 9.90 Å². The Hall–Kier alpha value is -1.29. The average molecular weight is 237 g/mol. The molecule has 0 aromatic carbocycles. The predicted octanol–water partition coefficient (Wildman–Crippen LogP) is 2.50. The van der Waals surface area contributed by atoms with Gasteiger partial charge in [0.05, 0.1) is 12.8 Å². The van der Waals surface area contributed by atoms with Gasteiger partial charge >= 0.3 is 5.97 Å². The zero-order valence-electron chi connectivity index (χ0n) is 10.1. The first kappa shape index (κ1) is 12.2. The van der Waals surface area contributed by atoms with E-state index in [1.165, 1.54) is 0 Å². The zero-order valence-corrected chi connectivity index (χ0v) is 10.1. The number of carboxylic acids is 1. The van der Waals surface area contributed by atoms with Crippen LogP contribution in [0.2, 0.25) is 0 Å². The Bertz CT molecular complexity index is 357. The van der Waals surface area contributed by atoms with E-state index in [1.54, 1.807) is 6.26 Å². The van der Waals surface area contributed by atoms with Gasteiger partial charge in [0.25, 0.3) is 0 Å². The average Bonchev–Trinajstić information content (AvgIpc) is 3.01. The van der Waals surface area contributed by atoms with Gasteiger partial charge in [-0.2, -0.15) is 0 Å². The molecular weight excluding hydrogens is 218 g/mol. The number of nitrogens with zero attached hydrogens (tertiary/aromatic N) is 1. The topological polar surface area (TPSA) is 53.7 Å². The molecule has 1 atom stereocenters. The molecule has 1 aromatic heterocycles. The van der Waals surface area contributed by atoms with Crippen LogP contribution in [-0.2, 0) is 11.3 Å². The van der Waals surface area contributed by atoms with E-state index < -0.39 is 5.97 Å². The molecule has 4 nitrogen and oxygen atoms in total. The summed E-state index contributed by atoms with van der Waals surface area (Å²) in [7, 11) is 0. The smallest absolute Gasteiger partial charge is 0.320 e. The third-order valence-electron chi connectivity index (χ3n) is 3.18. The maximum atomic E-state index is 11.3. The van der Waals surface area contributed by atoms with Gasteiger partial charge in [-0.3, -0.25) is 9.69 Å². The van der Waals surface area contributed by atoms with Crippen molar-refractivity contribution in [3.63, 3.8) is 0 Å². The lowest BCUT2D eigenvalue weighted by molar-refractivity contribution is -0.144. The largest absolute Gasteiger partial charge is 0.480 e. The first-order valence-electron chi connectivity index (χ1n) is 6.23. The van der Waals surface area contributed by atoms with Crippen LogP contribution in [0.4, 0.5) is 0 Å². The fraction of sp³-hybridized carbons (Fsp3) is 0.615. The molecule has 1 saturated carbocycles. The fourth-order valence-corrected chi connectivity index (χ4v) is 2.19. The third kappa shape index (κ3) is 3.09. The van der Waals surface area contributed by atoms with Crippen LogP contribution in [0, 0.1) is 0 Å². The predicted molar refractivity (Wildman–Crippen MR) is 63.6 cm³/mol. The zero-order chi connectivity index (χ0) is 12.3. The van der Waals surface area contributed by atoms with Crippen LogP contribution in [0.25, 0.3) is 0 Å². The number of carbonyl (C=O) groups is 1. The van der Waals surface area contributed by atoms with Gasteiger partial charge in [0.1, 0.15) is 11.8 Å². The lowest BCUT2D eigenvalue weighted by atomic mass is 10.1. The first-order chi connectivity index (χ1) is 8.22. The monoisotopic (exact) mass is 237 g/mol. The molecule has 0 radical (unpaired) electrons. The maximum Gasteiger partial charge on any atom is 0.320 e. The molecule has 1 aromatic rings. The van der Waals surface area contributed by atoms with Gasteiger partial charge in [0.15, 0.2) is 0 Å². The maximum absolute atomic E-state index is 11.3. The van der Waals surface area contributed by atoms with Crippen molar-refractivity contribution in [3.05, 3.63) is 24.2 Å². The van der Waals surface area contributed by atoms with Crippen molar-refractivity contribution >= 4 is 5.97 Å². The molecule has 4 heteroatoms. The van der Waals surface area contributed by atoms with Crippen LogP contribution in [-0.4, -0.2) is 28.1 Å². The van der Waals surface area contributed by atoms with Crippen molar-refractivity contribution in [1.82, 2.24) is 4.90 Å². The SMILES string of the molecule is CCCC(C(=O)O)N(Cc1ccco1)C1CC1. The number of rotatable bonds is 7. The van der Waals surface area contributed by atoms with Crippen molar-refractivity contribution in [2.45, 2.75) is 51.2 Å². The normalized spacial score (nSPS) is 17.3. The van der Waals surface area contributed by atoms with Crippen LogP contribution in [0.5, 0.6) is 0 Å². The van der Waals surface area contributed by atoms with Gasteiger partial charge in [-0.25, -0.2) is 0 Å². The second kappa shape index (κ2) is 5.36. The van der Waals surface area contributed by atoms with Gasteiger partial charge in [-0.1, -0.05) is 13.3 Å². The number of hydrogen-bond donors (Lipinski definition) is 1. The molecule has 0 saturated heterocycles. The molecule has 1 fully saturated rings. The summed E-state index contributed by atoms with van der Waals surface area (Å²) in [6.07, 6.45) is 5.43. The molecule has 0 amide bonds. The quantitative estimate of drug-likeness (QED) is 0.791. The third-order valence-corrected chi connectivity index (χ3v) is 3.18. The summed E-state index contributed by atoms with van der Waals surface area (Å²) < 4.78 is 5.32. The van der Waals surface area contributed by atoms with E-state index >= 15 is 0 Å². The summed E-state index contributed by atoms with van der Waals surface area (Å²) in [5.41, 5.74) is 0. The molecule has 2 rings (SSSR count). The Morgan fingerprint density at radius 2 is 2.41 bits per heavy atom. The minimum Gasteiger partial charge on any atom is -0.480 e. The standard InChI is InChI=1S/C13H19NO3/c1-2-4-12(13(15)16)14(10-6-7-10)9-11-5-3-8-17-11/h3,5,8,10,12H,2,4,6-7,9H2,1H3,(H,15,16). The molecule has 1 unspecified atom stereocenters. The highest BCUT2D eigenvalue weighted by atomic mass is 16.4. The Balaban J connectivity index is 2.06. The Morgan fingerprint density at radius 1 is 1.65 bits per heavy atom. The molecule has 94 valence electrons. The Kier molecular flexibility index (Phi) is 3.84. The summed E-state index contributed by atoms with van der Waals surface area (Å²) in [6.45, 7) is 2.63. The highest BCUT2D eigenvalue weighted by Crippen LogP contribution is 2.31. The molecule has 1 aliphatic carbocycles. The van der Waals surface area contributed by atoms with Crippen molar-refractivity contribution in [3.8, 4) is 0 Å². The number of hydrogen-bond acceptors (Lipinski definition) is 3. The van der Waals surface area contributed by atoms with Crippen molar-refractivity contribution in [1.29, 1.82) is 0 Å². The lowest BCUT2D eigenvalue weighted by Gasteiger charge is -2.27. The minimum absolute atomic E-state index is 0.377. The van der Waals surface area contributed by atoms with Crippen molar-refractivity contribution < 1.29 is 14.3 Å². The number of carboxylic acid groups (broad SMARTS) is 1. The van der Waals surface area contributed by atoms with E-state index in [4.69, 9.17) is 4.42 Å². The number of furan rings is 1. The molecular formula is C13H19NO3. The summed E-state index contributed by atoms with van der Waals surface area (Å²) in [6, 6.07) is 3.79. The summed E-state index contributed by atoms with van der Waals surface area (Å²) in [5.74, 6) is 0.129. The van der Waals surface area contributed by atoms with E-state index in [0.29, 0.717) is 19.0 Å². The molecule has 1 N–H and O–H groups in total. The first-order valence-corrected chi connectivity index (χ1v) is 6.23. The van der Waals surface area contributed by atoms with E-state index in [2.05, 4.69) is 4.90 Å². The van der Waals surface area contributed by atoms with Crippen LogP contribution in [0.1, 0.15) is 38.4 Å². The van der Waals surface area contributed by atoms with Gasteiger partial charge in [-0.05, 0) is 31.4 Å². The van der Waals surface area contributed by atoms with Crippen LogP contribution in [0.15, 0.2) is 22.8 Å². The van der Waals surface area contributed by atoms with Gasteiger partial charge in [-0.15, -0.1) is 0 Å². The molecule has 1 aliphatic rings. The molecule has 17 heavy (non-hydrogen) atoms. The van der Waals surface area contributed by atoms with Crippen molar-refractivity contribution in [2.75, 3.05) is 0 Å². The molecule has 0 aliphatic heterocycles. The fourth-order valence-electron chi connectivity index (χ4n) is 2.19. The molecule has 0 spiro atoms. The second-order valence-electron chi connectivity index (χ2n) is 4.63. The highest BCUT2D eigenvalue weighted by Gasteiger charge is 2.37. The lowest BCUT2D eigenvalue weighted by Crippen LogP contribution is -2.42. The van der Waals surface area contributed by atoms with Gasteiger partial charge in [0.2, 0.25) is 0 Å². The van der Waals surface area contributed by atoms with Gasteiger partial charge in [0, 0.05) is 6.04 Å². The van der Waals surface area contributed by atoms with Crippen LogP contribution >= 0.6 is 0 Å². The van der Waals surface area contributed by atoms with E-state index in [1.807, 2.05) is 19.1 Å². The highest BCUT2D eigenvalue weighted by molar-refractivity contribution is 5.73. The Labute approximate surface area is 101 Å². The van der Waals surface area contributed by atoms with Crippen molar-refractivity contribution in [2.24, 2.45) is 0 Å². The van der Waals surface area contributed by atoms with Crippen LogP contribution in [0.3, 0.4) is 0 Å². The minimum atomic E-state index is -0.717. The Morgan fingerprint density at radius 3 is 2.88 bits per heavy atom. The summed E-state index contributed by atoms with van der Waals surface area (Å²) in [4.78, 5) is 13.4. The van der Waals surface area contributed by atoms with Crippen LogP contribution < -0.4 is 0 Å². The summed E-state index contributed by atoms with van der Waals surface area (Å²) in [5, 5.41) is 9.31. The van der Waals surface area contributed by atoms with Gasteiger partial charge < -0.3 is 9.52 Å². The number of aliphatic carboxylic acids is 1. The molecule has 1 heterocycles. The molecule has 0 bridgehead atoms. The second-order valence-corrected chi connectivity index (χ2v) is 4.63. The summed E-state index contributed by atoms with van der Waals surface area (Å²) >= 11 is 0.